The molecule has 0 radical (unpaired) electrons. The molecule has 1 saturated heterocycles. The first-order valence-corrected chi connectivity index (χ1v) is 8.28. The zero-order valence-corrected chi connectivity index (χ0v) is 13.3. The Morgan fingerprint density at radius 1 is 1.10 bits per heavy atom. The third kappa shape index (κ3) is 2.51. The average molecular weight is 337 g/mol. The lowest BCUT2D eigenvalue weighted by molar-refractivity contribution is -0.138. The third-order valence-electron chi connectivity index (χ3n) is 4.67. The van der Waals surface area contributed by atoms with Crippen molar-refractivity contribution in [2.75, 3.05) is 26.2 Å². The maximum atomic E-state index is 13.1. The van der Waals surface area contributed by atoms with E-state index in [9.17, 15) is 4.79 Å². The van der Waals surface area contributed by atoms with Crippen LogP contribution in [-0.4, -0.2) is 37.0 Å². The Kier molecular flexibility index (Phi) is 4.13. The number of nitrogens with one attached hydrogen (secondary N) is 1. The Labute approximate surface area is 128 Å². The molecule has 3 rings (SSSR count). The molecule has 1 amide bonds. The highest BCUT2D eigenvalue weighted by molar-refractivity contribution is 9.10. The normalized spacial score (nSPS) is 21.9. The molecule has 2 fully saturated rings. The number of carbonyl (C=O) groups is 1. The summed E-state index contributed by atoms with van der Waals surface area (Å²) in [5.74, 6) is 0.346. The molecule has 4 heteroatoms. The van der Waals surface area contributed by atoms with Crippen molar-refractivity contribution in [2.45, 2.75) is 31.1 Å². The quantitative estimate of drug-likeness (QED) is 0.900. The fraction of sp³-hybridized carbons (Fsp3) is 0.562. The summed E-state index contributed by atoms with van der Waals surface area (Å²) in [6.07, 6.45) is 4.32. The predicted molar refractivity (Wildman–Crippen MR) is 83.7 cm³/mol. The van der Waals surface area contributed by atoms with Gasteiger partial charge < -0.3 is 10.2 Å². The van der Waals surface area contributed by atoms with E-state index in [1.807, 2.05) is 0 Å². The second-order valence-corrected chi connectivity index (χ2v) is 6.75. The molecule has 3 nitrogen and oxygen atoms in total. The summed E-state index contributed by atoms with van der Waals surface area (Å²) in [6.45, 7) is 3.53. The molecule has 1 N–H and O–H groups in total. The van der Waals surface area contributed by atoms with E-state index in [2.05, 4.69) is 50.4 Å². The van der Waals surface area contributed by atoms with Crippen LogP contribution in [0.3, 0.4) is 0 Å². The van der Waals surface area contributed by atoms with E-state index in [4.69, 9.17) is 0 Å². The van der Waals surface area contributed by atoms with Gasteiger partial charge >= 0.3 is 0 Å². The Morgan fingerprint density at radius 2 is 1.70 bits per heavy atom. The number of halogens is 1. The van der Waals surface area contributed by atoms with E-state index in [-0.39, 0.29) is 5.41 Å². The van der Waals surface area contributed by atoms with Crippen LogP contribution in [0, 0.1) is 0 Å². The number of nitrogens with zero attached hydrogens (tertiary/aromatic N) is 1. The molecule has 0 spiro atoms. The van der Waals surface area contributed by atoms with Gasteiger partial charge in [0.05, 0.1) is 5.41 Å². The Hall–Kier alpha value is -0.870. The molecule has 0 unspecified atom stereocenters. The van der Waals surface area contributed by atoms with Gasteiger partial charge in [-0.1, -0.05) is 40.9 Å². The molecular formula is C16H21BrN2O. The van der Waals surface area contributed by atoms with Crippen molar-refractivity contribution < 1.29 is 4.79 Å². The zero-order chi connectivity index (χ0) is 14.0. The molecular weight excluding hydrogens is 316 g/mol. The van der Waals surface area contributed by atoms with E-state index >= 15 is 0 Å². The topological polar surface area (TPSA) is 32.3 Å². The first-order valence-electron chi connectivity index (χ1n) is 7.48. The molecule has 1 aliphatic carbocycles. The van der Waals surface area contributed by atoms with Crippen molar-refractivity contribution in [3.8, 4) is 0 Å². The van der Waals surface area contributed by atoms with E-state index in [1.54, 1.807) is 0 Å². The first-order chi connectivity index (χ1) is 9.72. The van der Waals surface area contributed by atoms with Crippen LogP contribution in [0.25, 0.3) is 0 Å². The number of amides is 1. The van der Waals surface area contributed by atoms with Crippen LogP contribution in [0.2, 0.25) is 0 Å². The van der Waals surface area contributed by atoms with Crippen molar-refractivity contribution >= 4 is 21.8 Å². The molecule has 0 bridgehead atoms. The van der Waals surface area contributed by atoms with Crippen LogP contribution in [0.5, 0.6) is 0 Å². The standard InChI is InChI=1S/C16H21BrN2O/c17-14-5-3-13(4-6-14)16(7-1-2-8-16)15(20)19-11-9-18-10-12-19/h3-6,18H,1-2,7-12H2. The Balaban J connectivity index is 1.90. The van der Waals surface area contributed by atoms with Gasteiger partial charge in [0, 0.05) is 30.7 Å². The van der Waals surface area contributed by atoms with Gasteiger partial charge in [-0.2, -0.15) is 0 Å². The lowest BCUT2D eigenvalue weighted by Crippen LogP contribution is -2.52. The van der Waals surface area contributed by atoms with E-state index < -0.39 is 0 Å². The van der Waals surface area contributed by atoms with Crippen molar-refractivity contribution in [3.05, 3.63) is 34.3 Å². The number of piperazine rings is 1. The second-order valence-electron chi connectivity index (χ2n) is 5.84. The van der Waals surface area contributed by atoms with Gasteiger partial charge in [0.25, 0.3) is 0 Å². The number of hydrogen-bond acceptors (Lipinski definition) is 2. The molecule has 1 aliphatic heterocycles. The van der Waals surface area contributed by atoms with Crippen LogP contribution < -0.4 is 5.32 Å². The fourth-order valence-corrected chi connectivity index (χ4v) is 3.81. The molecule has 108 valence electrons. The average Bonchev–Trinajstić information content (AvgIpc) is 2.99. The molecule has 20 heavy (non-hydrogen) atoms. The van der Waals surface area contributed by atoms with Gasteiger partial charge in [-0.15, -0.1) is 0 Å². The molecule has 0 atom stereocenters. The molecule has 1 heterocycles. The third-order valence-corrected chi connectivity index (χ3v) is 5.20. The summed E-state index contributed by atoms with van der Waals surface area (Å²) < 4.78 is 1.07. The maximum absolute atomic E-state index is 13.1. The fourth-order valence-electron chi connectivity index (χ4n) is 3.54. The summed E-state index contributed by atoms with van der Waals surface area (Å²) >= 11 is 3.48. The van der Waals surface area contributed by atoms with Gasteiger partial charge in [-0.3, -0.25) is 4.79 Å². The Morgan fingerprint density at radius 3 is 2.30 bits per heavy atom. The zero-order valence-electron chi connectivity index (χ0n) is 11.7. The minimum atomic E-state index is -0.266. The van der Waals surface area contributed by atoms with E-state index in [0.29, 0.717) is 5.91 Å². The Bertz CT molecular complexity index is 474. The van der Waals surface area contributed by atoms with Gasteiger partial charge in [-0.05, 0) is 30.5 Å². The first kappa shape index (κ1) is 14.1. The van der Waals surface area contributed by atoms with Crippen molar-refractivity contribution in [1.82, 2.24) is 10.2 Å². The van der Waals surface area contributed by atoms with E-state index in [0.717, 1.165) is 56.3 Å². The highest BCUT2D eigenvalue weighted by Crippen LogP contribution is 2.43. The molecule has 1 aromatic rings. The largest absolute Gasteiger partial charge is 0.339 e. The SMILES string of the molecule is O=C(N1CCNCC1)C1(c2ccc(Br)cc2)CCCC1. The molecule has 2 aliphatic rings. The van der Waals surface area contributed by atoms with Crippen LogP contribution in [0.4, 0.5) is 0 Å². The van der Waals surface area contributed by atoms with Gasteiger partial charge in [-0.25, -0.2) is 0 Å². The lowest BCUT2D eigenvalue weighted by atomic mass is 9.77. The highest BCUT2D eigenvalue weighted by Gasteiger charge is 2.44. The highest BCUT2D eigenvalue weighted by atomic mass is 79.9. The summed E-state index contributed by atoms with van der Waals surface area (Å²) in [5.41, 5.74) is 0.930. The summed E-state index contributed by atoms with van der Waals surface area (Å²) in [6, 6.07) is 8.35. The van der Waals surface area contributed by atoms with Crippen molar-refractivity contribution in [2.24, 2.45) is 0 Å². The number of rotatable bonds is 2. The second kappa shape index (κ2) is 5.86. The minimum Gasteiger partial charge on any atom is -0.339 e. The van der Waals surface area contributed by atoms with Gasteiger partial charge in [0.15, 0.2) is 0 Å². The molecule has 1 aromatic carbocycles. The smallest absolute Gasteiger partial charge is 0.233 e. The maximum Gasteiger partial charge on any atom is 0.233 e. The van der Waals surface area contributed by atoms with Crippen LogP contribution >= 0.6 is 15.9 Å². The summed E-state index contributed by atoms with van der Waals surface area (Å²) in [5, 5.41) is 3.32. The number of carbonyl (C=O) groups excluding carboxylic acids is 1. The lowest BCUT2D eigenvalue weighted by Gasteiger charge is -2.37. The monoisotopic (exact) mass is 336 g/mol. The molecule has 1 saturated carbocycles. The summed E-state index contributed by atoms with van der Waals surface area (Å²) in [7, 11) is 0. The number of hydrogen-bond donors (Lipinski definition) is 1. The van der Waals surface area contributed by atoms with Crippen LogP contribution in [0.1, 0.15) is 31.2 Å². The minimum absolute atomic E-state index is 0.266. The van der Waals surface area contributed by atoms with Crippen LogP contribution in [0.15, 0.2) is 28.7 Å². The van der Waals surface area contributed by atoms with Crippen molar-refractivity contribution in [1.29, 1.82) is 0 Å². The molecule has 0 aromatic heterocycles. The van der Waals surface area contributed by atoms with Gasteiger partial charge in [0.2, 0.25) is 5.91 Å². The number of benzene rings is 1. The van der Waals surface area contributed by atoms with E-state index in [1.165, 1.54) is 5.56 Å². The van der Waals surface area contributed by atoms with Crippen LogP contribution in [-0.2, 0) is 10.2 Å². The van der Waals surface area contributed by atoms with Crippen molar-refractivity contribution in [3.63, 3.8) is 0 Å². The predicted octanol–water partition coefficient (Wildman–Crippen LogP) is 2.69. The van der Waals surface area contributed by atoms with Gasteiger partial charge in [0.1, 0.15) is 0 Å². The summed E-state index contributed by atoms with van der Waals surface area (Å²) in [4.78, 5) is 15.2.